The monoisotopic (exact) mass is 737 g/mol. The molecule has 9 unspecified atom stereocenters. The largest absolute Gasteiger partial charge is 1.00 e. The summed E-state index contributed by atoms with van der Waals surface area (Å²) in [4.78, 5) is 0. The Morgan fingerprint density at radius 2 is 1.63 bits per heavy atom. The molecule has 6 N–H and O–H groups in total. The number of benzene rings is 2. The molecule has 2 aliphatic rings. The second kappa shape index (κ2) is 21.0. The number of rotatable bonds is 13. The molecule has 1 saturated carbocycles. The number of para-hydroxylation sites is 2. The summed E-state index contributed by atoms with van der Waals surface area (Å²) in [5.74, 6) is -0.293. The average Bonchev–Trinajstić information content (AvgIpc) is 3.28. The number of aromatic hydroxyl groups is 1. The molecule has 0 amide bonds. The SMILES string of the molecule is C/C=C/C(C)=C/CC(O)C(C)C(O)\C=C/C=C/C=C\C1C(C)=CC2C(C1C(Nc1ccccc1[O-])c1ccc(O)cc1)C(C)(C)CC2(C)O.CO.[K+]. The van der Waals surface area contributed by atoms with Crippen molar-refractivity contribution in [3.63, 3.8) is 0 Å². The maximum Gasteiger partial charge on any atom is 1.00 e. The van der Waals surface area contributed by atoms with Gasteiger partial charge in [0.15, 0.2) is 0 Å². The molecule has 2 aromatic rings. The number of phenols is 1. The van der Waals surface area contributed by atoms with E-state index in [9.17, 15) is 25.5 Å². The van der Waals surface area contributed by atoms with Crippen LogP contribution in [0.25, 0.3) is 0 Å². The van der Waals surface area contributed by atoms with E-state index in [0.717, 1.165) is 23.8 Å². The topological polar surface area (TPSA) is 136 Å². The van der Waals surface area contributed by atoms with E-state index in [0.29, 0.717) is 18.5 Å². The van der Waals surface area contributed by atoms with Crippen molar-refractivity contribution in [2.24, 2.45) is 35.0 Å². The fraction of sp³-hybridized carbons (Fsp3) is 0.455. The van der Waals surface area contributed by atoms with Crippen LogP contribution in [0.3, 0.4) is 0 Å². The van der Waals surface area contributed by atoms with Gasteiger partial charge in [-0.1, -0.05) is 129 Å². The van der Waals surface area contributed by atoms with Crippen LogP contribution in [0.2, 0.25) is 0 Å². The van der Waals surface area contributed by atoms with Crippen LogP contribution in [0.15, 0.2) is 120 Å². The Labute approximate surface area is 354 Å². The van der Waals surface area contributed by atoms with Crippen LogP contribution < -0.4 is 61.8 Å². The molecule has 7 nitrogen and oxygen atoms in total. The molecule has 2 aromatic carbocycles. The summed E-state index contributed by atoms with van der Waals surface area (Å²) in [6.07, 6.45) is 19.4. The van der Waals surface area contributed by atoms with Crippen LogP contribution in [0.5, 0.6) is 11.5 Å². The predicted octanol–water partition coefficient (Wildman–Crippen LogP) is 4.78. The van der Waals surface area contributed by atoms with E-state index < -0.39 is 17.8 Å². The van der Waals surface area contributed by atoms with E-state index in [1.807, 2.05) is 88.4 Å². The normalized spacial score (nSPS) is 26.7. The molecule has 1 fully saturated rings. The maximum absolute atomic E-state index is 13.0. The molecular formula is C44H60KNO6. The van der Waals surface area contributed by atoms with E-state index in [2.05, 4.69) is 38.2 Å². The van der Waals surface area contributed by atoms with Gasteiger partial charge in [-0.2, -0.15) is 0 Å². The van der Waals surface area contributed by atoms with Gasteiger partial charge in [0.05, 0.1) is 23.9 Å². The Hall–Kier alpha value is -2.24. The van der Waals surface area contributed by atoms with E-state index in [1.54, 1.807) is 36.4 Å². The molecule has 9 atom stereocenters. The van der Waals surface area contributed by atoms with E-state index in [1.165, 1.54) is 0 Å². The second-order valence-electron chi connectivity index (χ2n) is 15.1. The molecule has 0 bridgehead atoms. The van der Waals surface area contributed by atoms with Gasteiger partial charge in [-0.25, -0.2) is 0 Å². The molecule has 0 aliphatic heterocycles. The maximum atomic E-state index is 13.0. The standard InChI is InChI=1S/C43H57NO5.CH4O.K/c1-8-15-28(2)20-25-37(47)30(4)36(46)18-12-10-9-11-16-33-29(3)26-34-40(42(5,6)27-43(34,7)49)39(33)41(31-21-23-32(45)24-22-31)44-35-17-13-14-19-38(35)48;1-2;/h8-24,26,30,33-34,36-37,39-41,44-49H,25,27H2,1-7H3;2H,1H3;/q;;+1/p-1/b10-9+,15-8+,16-11-,18-12-,28-20+;;. The Kier molecular flexibility index (Phi) is 18.5. The minimum atomic E-state index is -0.879. The van der Waals surface area contributed by atoms with Crippen LogP contribution >= 0.6 is 0 Å². The molecule has 2 aliphatic carbocycles. The molecule has 4 rings (SSSR count). The number of phenolic OH excluding ortho intramolecular Hbond substituents is 1. The van der Waals surface area contributed by atoms with Gasteiger partial charge in [-0.05, 0) is 81.5 Å². The summed E-state index contributed by atoms with van der Waals surface area (Å²) >= 11 is 0. The van der Waals surface area contributed by atoms with Gasteiger partial charge >= 0.3 is 51.4 Å². The van der Waals surface area contributed by atoms with Crippen molar-refractivity contribution in [2.45, 2.75) is 85.2 Å². The van der Waals surface area contributed by atoms with Gasteiger partial charge in [0, 0.05) is 30.6 Å². The Morgan fingerprint density at radius 3 is 2.27 bits per heavy atom. The van der Waals surface area contributed by atoms with Crippen molar-refractivity contribution < 1.29 is 82.0 Å². The second-order valence-corrected chi connectivity index (χ2v) is 15.1. The van der Waals surface area contributed by atoms with Crippen molar-refractivity contribution in [2.75, 3.05) is 12.4 Å². The van der Waals surface area contributed by atoms with Crippen LogP contribution in [0, 0.1) is 35.0 Å². The third-order valence-corrected chi connectivity index (χ3v) is 10.7. The fourth-order valence-electron chi connectivity index (χ4n) is 8.27. The van der Waals surface area contributed by atoms with Crippen LogP contribution in [-0.2, 0) is 0 Å². The first-order valence-corrected chi connectivity index (χ1v) is 18.0. The first-order chi connectivity index (χ1) is 24.2. The quantitative estimate of drug-likeness (QED) is 0.0991. The summed E-state index contributed by atoms with van der Waals surface area (Å²) in [5.41, 5.74) is 2.63. The fourth-order valence-corrected chi connectivity index (χ4v) is 8.27. The average molecular weight is 738 g/mol. The van der Waals surface area contributed by atoms with Gasteiger partial charge in [-0.3, -0.25) is 0 Å². The molecule has 0 radical (unpaired) electrons. The van der Waals surface area contributed by atoms with Gasteiger partial charge < -0.3 is 36.0 Å². The zero-order valence-corrected chi connectivity index (χ0v) is 35.7. The summed E-state index contributed by atoms with van der Waals surface area (Å²) in [6.45, 7) is 14.3. The Morgan fingerprint density at radius 1 is 1.00 bits per heavy atom. The number of fused-ring (bicyclic) bond motifs is 1. The van der Waals surface area contributed by atoms with E-state index in [4.69, 9.17) is 5.11 Å². The third-order valence-electron chi connectivity index (χ3n) is 10.7. The molecule has 0 heterocycles. The van der Waals surface area contributed by atoms with E-state index >= 15 is 0 Å². The summed E-state index contributed by atoms with van der Waals surface area (Å²) in [7, 11) is 1.00. The van der Waals surface area contributed by atoms with Crippen LogP contribution in [0.4, 0.5) is 5.69 Å². The smallest absolute Gasteiger partial charge is 0.871 e. The van der Waals surface area contributed by atoms with E-state index in [-0.39, 0.29) is 104 Å². The minimum absolute atomic E-state index is 0. The summed E-state index contributed by atoms with van der Waals surface area (Å²) < 4.78 is 0. The molecule has 0 aromatic heterocycles. The number of hydrogen-bond donors (Lipinski definition) is 6. The van der Waals surface area contributed by atoms with Crippen LogP contribution in [0.1, 0.15) is 72.9 Å². The number of allylic oxidation sites excluding steroid dienone is 9. The van der Waals surface area contributed by atoms with Gasteiger partial charge in [0.2, 0.25) is 0 Å². The third kappa shape index (κ3) is 11.9. The van der Waals surface area contributed by atoms with Gasteiger partial charge in [0.25, 0.3) is 0 Å². The summed E-state index contributed by atoms with van der Waals surface area (Å²) in [5, 5.41) is 66.7. The Bertz CT molecular complexity index is 1590. The number of hydrogen-bond acceptors (Lipinski definition) is 7. The Balaban J connectivity index is 0.00000307. The summed E-state index contributed by atoms with van der Waals surface area (Å²) in [6, 6.07) is 13.9. The van der Waals surface area contributed by atoms with Crippen molar-refractivity contribution in [1.29, 1.82) is 0 Å². The molecule has 0 spiro atoms. The zero-order valence-electron chi connectivity index (χ0n) is 32.6. The molecule has 52 heavy (non-hydrogen) atoms. The van der Waals surface area contributed by atoms with Crippen LogP contribution in [-0.4, -0.2) is 50.5 Å². The first kappa shape index (κ1) is 45.9. The van der Waals surface area contributed by atoms with Gasteiger partial charge in [-0.15, -0.1) is 0 Å². The van der Waals surface area contributed by atoms with Crippen molar-refractivity contribution in [3.05, 3.63) is 126 Å². The molecule has 278 valence electrons. The minimum Gasteiger partial charge on any atom is -0.871 e. The van der Waals surface area contributed by atoms with Gasteiger partial charge in [0.1, 0.15) is 5.75 Å². The van der Waals surface area contributed by atoms with Crippen molar-refractivity contribution >= 4 is 5.69 Å². The molecule has 8 heteroatoms. The molecule has 0 saturated heterocycles. The van der Waals surface area contributed by atoms with Crippen molar-refractivity contribution in [3.8, 4) is 11.5 Å². The first-order valence-electron chi connectivity index (χ1n) is 18.0. The number of anilines is 1. The number of nitrogens with one attached hydrogen (secondary N) is 1. The zero-order chi connectivity index (χ0) is 37.9. The predicted molar refractivity (Wildman–Crippen MR) is 207 cm³/mol. The number of aliphatic hydroxyl groups excluding tert-OH is 3. The number of aliphatic hydroxyl groups is 4. The molecular weight excluding hydrogens is 678 g/mol. The van der Waals surface area contributed by atoms with Crippen molar-refractivity contribution in [1.82, 2.24) is 0 Å².